The number of alkyl halides is 4. The van der Waals surface area contributed by atoms with E-state index in [1.807, 2.05) is 4.90 Å². The molecule has 1 aliphatic rings. The van der Waals surface area contributed by atoms with Gasteiger partial charge in [-0.25, -0.2) is 0 Å². The Bertz CT molecular complexity index is 223. The van der Waals surface area contributed by atoms with Gasteiger partial charge in [-0.3, -0.25) is 9.80 Å². The van der Waals surface area contributed by atoms with Gasteiger partial charge in [0.1, 0.15) is 4.83 Å². The number of piperazine rings is 1. The topological polar surface area (TPSA) is 6.48 Å². The number of hydrogen-bond acceptors (Lipinski definition) is 2. The van der Waals surface area contributed by atoms with Crippen molar-refractivity contribution in [2.24, 2.45) is 0 Å². The molecule has 1 rings (SSSR count). The van der Waals surface area contributed by atoms with Crippen molar-refractivity contribution in [3.05, 3.63) is 0 Å². The van der Waals surface area contributed by atoms with E-state index in [1.165, 1.54) is 0 Å². The minimum Gasteiger partial charge on any atom is -0.299 e. The van der Waals surface area contributed by atoms with Crippen molar-refractivity contribution in [3.63, 3.8) is 0 Å². The Morgan fingerprint density at radius 1 is 1.38 bits per heavy atom. The third kappa shape index (κ3) is 3.89. The van der Waals surface area contributed by atoms with Gasteiger partial charge in [-0.15, -0.1) is 0 Å². The number of rotatable bonds is 3. The maximum absolute atomic E-state index is 12.4. The Balaban J connectivity index is 2.41. The summed E-state index contributed by atoms with van der Waals surface area (Å²) in [4.78, 5) is 2.75. The van der Waals surface area contributed by atoms with Gasteiger partial charge in [-0.05, 0) is 13.5 Å². The van der Waals surface area contributed by atoms with Crippen LogP contribution < -0.4 is 0 Å². The predicted molar refractivity (Wildman–Crippen MR) is 61.9 cm³/mol. The maximum Gasteiger partial charge on any atom is 0.402 e. The van der Waals surface area contributed by atoms with Crippen LogP contribution in [-0.2, 0) is 0 Å². The zero-order valence-corrected chi connectivity index (χ0v) is 11.2. The van der Waals surface area contributed by atoms with Gasteiger partial charge in [0, 0.05) is 32.2 Å². The lowest BCUT2D eigenvalue weighted by Gasteiger charge is -2.40. The lowest BCUT2D eigenvalue weighted by atomic mass is 10.2. The Morgan fingerprint density at radius 2 is 2.00 bits per heavy atom. The minimum absolute atomic E-state index is 0.0470. The van der Waals surface area contributed by atoms with Gasteiger partial charge >= 0.3 is 6.18 Å². The van der Waals surface area contributed by atoms with E-state index in [4.69, 9.17) is 0 Å². The standard InChI is InChI=1S/C10H18BrF3N2/c1-3-16-5-4-15(6-8(16)2)7-9(11)10(12,13)14/h8-9H,3-7H2,1-2H3. The summed E-state index contributed by atoms with van der Waals surface area (Å²) in [6.07, 6.45) is -4.15. The molecule has 2 unspecified atom stereocenters. The van der Waals surface area contributed by atoms with Gasteiger partial charge < -0.3 is 0 Å². The second kappa shape index (κ2) is 5.69. The molecule has 0 aromatic carbocycles. The van der Waals surface area contributed by atoms with Crippen LogP contribution in [0.2, 0.25) is 0 Å². The fraction of sp³-hybridized carbons (Fsp3) is 1.00. The first kappa shape index (κ1) is 14.3. The smallest absolute Gasteiger partial charge is 0.299 e. The van der Waals surface area contributed by atoms with E-state index in [1.54, 1.807) is 0 Å². The van der Waals surface area contributed by atoms with Crippen molar-refractivity contribution in [3.8, 4) is 0 Å². The molecule has 2 atom stereocenters. The molecule has 0 radical (unpaired) electrons. The summed E-state index contributed by atoms with van der Waals surface area (Å²) in [5, 5.41) is 0. The van der Waals surface area contributed by atoms with E-state index in [9.17, 15) is 13.2 Å². The first-order valence-electron chi connectivity index (χ1n) is 5.51. The Kier molecular flexibility index (Phi) is 5.07. The van der Waals surface area contributed by atoms with Gasteiger partial charge in [0.15, 0.2) is 0 Å². The second-order valence-corrected chi connectivity index (χ2v) is 5.35. The van der Waals surface area contributed by atoms with Crippen molar-refractivity contribution < 1.29 is 13.2 Å². The molecule has 6 heteroatoms. The molecule has 0 amide bonds. The summed E-state index contributed by atoms with van der Waals surface area (Å²) >= 11 is 2.71. The van der Waals surface area contributed by atoms with Crippen LogP contribution in [0.25, 0.3) is 0 Å². The van der Waals surface area contributed by atoms with Gasteiger partial charge in [0.25, 0.3) is 0 Å². The molecular formula is C10H18BrF3N2. The highest BCUT2D eigenvalue weighted by Crippen LogP contribution is 2.27. The summed E-state index contributed by atoms with van der Waals surface area (Å²) < 4.78 is 37.1. The van der Waals surface area contributed by atoms with E-state index in [-0.39, 0.29) is 6.54 Å². The van der Waals surface area contributed by atoms with E-state index in [0.29, 0.717) is 12.6 Å². The summed E-state index contributed by atoms with van der Waals surface area (Å²) in [6, 6.07) is 0.340. The normalized spacial score (nSPS) is 27.0. The monoisotopic (exact) mass is 302 g/mol. The lowest BCUT2D eigenvalue weighted by molar-refractivity contribution is -0.131. The third-order valence-electron chi connectivity index (χ3n) is 3.03. The number of likely N-dealkylation sites (N-methyl/N-ethyl adjacent to an activating group) is 1. The Hall–Kier alpha value is 0.190. The number of halogens is 4. The Morgan fingerprint density at radius 3 is 2.44 bits per heavy atom. The maximum atomic E-state index is 12.4. The predicted octanol–water partition coefficient (Wildman–Crippen LogP) is 2.34. The Labute approximate surface area is 103 Å². The average molecular weight is 303 g/mol. The second-order valence-electron chi connectivity index (χ2n) is 4.25. The van der Waals surface area contributed by atoms with Gasteiger partial charge in [-0.1, -0.05) is 22.9 Å². The zero-order valence-electron chi connectivity index (χ0n) is 9.60. The molecule has 0 N–H and O–H groups in total. The molecule has 0 spiro atoms. The lowest BCUT2D eigenvalue weighted by Crippen LogP contribution is -2.53. The van der Waals surface area contributed by atoms with Gasteiger partial charge in [0.05, 0.1) is 0 Å². The van der Waals surface area contributed by atoms with Crippen molar-refractivity contribution in [1.29, 1.82) is 0 Å². The molecule has 0 aliphatic carbocycles. The first-order valence-corrected chi connectivity index (χ1v) is 6.43. The van der Waals surface area contributed by atoms with Crippen LogP contribution in [-0.4, -0.2) is 59.6 Å². The first-order chi connectivity index (χ1) is 7.34. The largest absolute Gasteiger partial charge is 0.402 e. The van der Waals surface area contributed by atoms with Crippen LogP contribution in [0.15, 0.2) is 0 Å². The fourth-order valence-corrected chi connectivity index (χ4v) is 2.45. The quantitative estimate of drug-likeness (QED) is 0.739. The fourth-order valence-electron chi connectivity index (χ4n) is 2.04. The SMILES string of the molecule is CCN1CCN(CC(Br)C(F)(F)F)CC1C. The molecule has 16 heavy (non-hydrogen) atoms. The van der Waals surface area contributed by atoms with E-state index in [2.05, 4.69) is 34.7 Å². The summed E-state index contributed by atoms with van der Waals surface area (Å²) in [5.41, 5.74) is 0. The van der Waals surface area contributed by atoms with E-state index < -0.39 is 11.0 Å². The molecule has 0 aromatic rings. The third-order valence-corrected chi connectivity index (χ3v) is 3.84. The van der Waals surface area contributed by atoms with Crippen LogP contribution in [0.3, 0.4) is 0 Å². The molecule has 0 saturated carbocycles. The molecule has 1 aliphatic heterocycles. The molecule has 0 bridgehead atoms. The summed E-state index contributed by atoms with van der Waals surface area (Å²) in [5.74, 6) is 0. The zero-order chi connectivity index (χ0) is 12.3. The highest BCUT2D eigenvalue weighted by Gasteiger charge is 2.39. The highest BCUT2D eigenvalue weighted by atomic mass is 79.9. The highest BCUT2D eigenvalue weighted by molar-refractivity contribution is 9.09. The van der Waals surface area contributed by atoms with Crippen molar-refractivity contribution >= 4 is 15.9 Å². The molecule has 1 fully saturated rings. The molecule has 96 valence electrons. The van der Waals surface area contributed by atoms with Gasteiger partial charge in [-0.2, -0.15) is 13.2 Å². The molecular weight excluding hydrogens is 285 g/mol. The van der Waals surface area contributed by atoms with Crippen LogP contribution in [0.5, 0.6) is 0 Å². The number of hydrogen-bond donors (Lipinski definition) is 0. The van der Waals surface area contributed by atoms with Crippen molar-refractivity contribution in [2.45, 2.75) is 30.9 Å². The molecule has 0 aromatic heterocycles. The molecule has 2 nitrogen and oxygen atoms in total. The molecule has 1 saturated heterocycles. The van der Waals surface area contributed by atoms with Crippen LogP contribution in [0.4, 0.5) is 13.2 Å². The van der Waals surface area contributed by atoms with Crippen molar-refractivity contribution in [1.82, 2.24) is 9.80 Å². The number of nitrogens with zero attached hydrogens (tertiary/aromatic N) is 2. The van der Waals surface area contributed by atoms with E-state index in [0.717, 1.165) is 19.6 Å². The van der Waals surface area contributed by atoms with E-state index >= 15 is 0 Å². The summed E-state index contributed by atoms with van der Waals surface area (Å²) in [7, 11) is 0. The minimum atomic E-state index is -4.15. The summed E-state index contributed by atoms with van der Waals surface area (Å²) in [6.45, 7) is 7.44. The van der Waals surface area contributed by atoms with Crippen LogP contribution in [0.1, 0.15) is 13.8 Å². The molecule has 1 heterocycles. The van der Waals surface area contributed by atoms with Crippen LogP contribution >= 0.6 is 15.9 Å². The average Bonchev–Trinajstić information content (AvgIpc) is 2.16. The van der Waals surface area contributed by atoms with Crippen LogP contribution in [0, 0.1) is 0 Å². The van der Waals surface area contributed by atoms with Gasteiger partial charge in [0.2, 0.25) is 0 Å². The van der Waals surface area contributed by atoms with Crippen molar-refractivity contribution in [2.75, 3.05) is 32.7 Å².